The van der Waals surface area contributed by atoms with Crippen molar-refractivity contribution in [3.05, 3.63) is 17.2 Å². The van der Waals surface area contributed by atoms with E-state index in [-0.39, 0.29) is 11.0 Å². The summed E-state index contributed by atoms with van der Waals surface area (Å²) in [5.41, 5.74) is 3.06. The van der Waals surface area contributed by atoms with E-state index in [4.69, 9.17) is 4.98 Å². The lowest BCUT2D eigenvalue weighted by Gasteiger charge is -2.39. The molecule has 3 heteroatoms. The number of rotatable bonds is 0. The molecule has 0 atom stereocenters. The summed E-state index contributed by atoms with van der Waals surface area (Å²) in [6.07, 6.45) is 0. The van der Waals surface area contributed by atoms with Gasteiger partial charge in [0.2, 0.25) is 0 Å². The summed E-state index contributed by atoms with van der Waals surface area (Å²) in [7, 11) is 0. The first kappa shape index (κ1) is 13.6. The fourth-order valence-corrected chi connectivity index (χ4v) is 2.72. The molecule has 0 amide bonds. The van der Waals surface area contributed by atoms with Crippen molar-refractivity contribution in [3.63, 3.8) is 0 Å². The second kappa shape index (κ2) is 4.09. The Morgan fingerprint density at radius 2 is 1.61 bits per heavy atom. The maximum absolute atomic E-state index is 4.82. The molecule has 102 valence electrons. The second-order valence-corrected chi connectivity index (χ2v) is 7.45. The van der Waals surface area contributed by atoms with Crippen molar-refractivity contribution < 1.29 is 0 Å². The topological polar surface area (TPSA) is 21.1 Å². The standard InChI is InChI=1S/C15H27N3/c1-11-16-13(14(2,3)4)12-10-17(15(5,6)7)8-9-18(11)12/h8-10H2,1-7H3. The van der Waals surface area contributed by atoms with Gasteiger partial charge in [-0.05, 0) is 27.7 Å². The van der Waals surface area contributed by atoms with Crippen molar-refractivity contribution in [1.82, 2.24) is 14.5 Å². The van der Waals surface area contributed by atoms with Gasteiger partial charge in [-0.3, -0.25) is 4.90 Å². The molecule has 0 radical (unpaired) electrons. The van der Waals surface area contributed by atoms with Crippen molar-refractivity contribution in [2.24, 2.45) is 0 Å². The lowest BCUT2D eigenvalue weighted by Crippen LogP contribution is -2.46. The van der Waals surface area contributed by atoms with Crippen LogP contribution in [0.4, 0.5) is 0 Å². The zero-order chi connectivity index (χ0) is 13.7. The van der Waals surface area contributed by atoms with Gasteiger partial charge in [0.1, 0.15) is 5.82 Å². The molecule has 0 bridgehead atoms. The molecular formula is C15H27N3. The Morgan fingerprint density at radius 1 is 1.00 bits per heavy atom. The maximum atomic E-state index is 4.82. The predicted octanol–water partition coefficient (Wildman–Crippen LogP) is 3.10. The van der Waals surface area contributed by atoms with Crippen LogP contribution in [0.2, 0.25) is 0 Å². The molecule has 1 aliphatic rings. The molecule has 1 aliphatic heterocycles. The Hall–Kier alpha value is -0.830. The zero-order valence-electron chi connectivity index (χ0n) is 13.0. The number of hydrogen-bond acceptors (Lipinski definition) is 2. The normalized spacial score (nSPS) is 17.9. The molecule has 2 heterocycles. The summed E-state index contributed by atoms with van der Waals surface area (Å²) in [4.78, 5) is 7.37. The lowest BCUT2D eigenvalue weighted by molar-refractivity contribution is 0.101. The summed E-state index contributed by atoms with van der Waals surface area (Å²) in [5, 5.41) is 0. The highest BCUT2D eigenvalue weighted by atomic mass is 15.3. The molecule has 0 aliphatic carbocycles. The van der Waals surface area contributed by atoms with Gasteiger partial charge in [-0.1, -0.05) is 20.8 Å². The van der Waals surface area contributed by atoms with Gasteiger partial charge in [-0.2, -0.15) is 0 Å². The Labute approximate surface area is 111 Å². The number of nitrogens with zero attached hydrogens (tertiary/aromatic N) is 3. The first-order valence-corrected chi connectivity index (χ1v) is 6.92. The van der Waals surface area contributed by atoms with Gasteiger partial charge < -0.3 is 4.57 Å². The first-order chi connectivity index (χ1) is 8.10. The minimum atomic E-state index is 0.131. The largest absolute Gasteiger partial charge is 0.329 e. The van der Waals surface area contributed by atoms with E-state index in [9.17, 15) is 0 Å². The van der Waals surface area contributed by atoms with E-state index in [0.29, 0.717) is 0 Å². The highest BCUT2D eigenvalue weighted by Gasteiger charge is 2.32. The first-order valence-electron chi connectivity index (χ1n) is 6.92. The third-order valence-corrected chi connectivity index (χ3v) is 3.86. The monoisotopic (exact) mass is 249 g/mol. The molecule has 0 fully saturated rings. The van der Waals surface area contributed by atoms with Crippen LogP contribution < -0.4 is 0 Å². The fourth-order valence-electron chi connectivity index (χ4n) is 2.72. The Bertz CT molecular complexity index is 444. The van der Waals surface area contributed by atoms with Gasteiger partial charge >= 0.3 is 0 Å². The van der Waals surface area contributed by atoms with Gasteiger partial charge in [-0.15, -0.1) is 0 Å². The summed E-state index contributed by atoms with van der Waals surface area (Å²) >= 11 is 0. The van der Waals surface area contributed by atoms with Crippen molar-refractivity contribution >= 4 is 0 Å². The van der Waals surface area contributed by atoms with Gasteiger partial charge in [0, 0.05) is 30.6 Å². The average Bonchev–Trinajstić information content (AvgIpc) is 2.54. The third kappa shape index (κ3) is 2.33. The molecule has 0 N–H and O–H groups in total. The second-order valence-electron chi connectivity index (χ2n) is 7.45. The van der Waals surface area contributed by atoms with Crippen molar-refractivity contribution in [3.8, 4) is 0 Å². The van der Waals surface area contributed by atoms with Gasteiger partial charge in [0.25, 0.3) is 0 Å². The Kier molecular flexibility index (Phi) is 3.09. The van der Waals surface area contributed by atoms with Crippen molar-refractivity contribution in [2.75, 3.05) is 6.54 Å². The molecule has 0 saturated carbocycles. The number of fused-ring (bicyclic) bond motifs is 1. The average molecular weight is 249 g/mol. The van der Waals surface area contributed by atoms with Crippen LogP contribution in [0.25, 0.3) is 0 Å². The zero-order valence-corrected chi connectivity index (χ0v) is 13.0. The van der Waals surface area contributed by atoms with E-state index in [1.807, 2.05) is 0 Å². The molecule has 1 aromatic heterocycles. The minimum Gasteiger partial charge on any atom is -0.329 e. The minimum absolute atomic E-state index is 0.131. The van der Waals surface area contributed by atoms with Gasteiger partial charge in [0.15, 0.2) is 0 Å². The lowest BCUT2D eigenvalue weighted by atomic mass is 9.90. The molecule has 0 saturated heterocycles. The highest BCUT2D eigenvalue weighted by Crippen LogP contribution is 2.31. The van der Waals surface area contributed by atoms with E-state index in [2.05, 4.69) is 57.9 Å². The SMILES string of the molecule is Cc1nc(C(C)(C)C)c2n1CCN(C(C)(C)C)C2. The van der Waals surface area contributed by atoms with Crippen LogP contribution in [-0.2, 0) is 18.5 Å². The molecule has 3 nitrogen and oxygen atoms in total. The summed E-state index contributed by atoms with van der Waals surface area (Å²) in [5.74, 6) is 1.17. The predicted molar refractivity (Wildman–Crippen MR) is 75.8 cm³/mol. The number of aromatic nitrogens is 2. The van der Waals surface area contributed by atoms with Crippen LogP contribution >= 0.6 is 0 Å². The molecule has 0 unspecified atom stereocenters. The van der Waals surface area contributed by atoms with E-state index in [0.717, 1.165) is 19.6 Å². The molecule has 1 aromatic rings. The number of imidazole rings is 1. The Balaban J connectivity index is 2.42. The van der Waals surface area contributed by atoms with Gasteiger partial charge in [0.05, 0.1) is 11.4 Å². The molecule has 18 heavy (non-hydrogen) atoms. The summed E-state index contributed by atoms with van der Waals surface area (Å²) in [6, 6.07) is 0. The van der Waals surface area contributed by atoms with Crippen LogP contribution in [0.3, 0.4) is 0 Å². The summed E-state index contributed by atoms with van der Waals surface area (Å²) in [6.45, 7) is 19.0. The van der Waals surface area contributed by atoms with E-state index >= 15 is 0 Å². The smallest absolute Gasteiger partial charge is 0.106 e. The van der Waals surface area contributed by atoms with E-state index < -0.39 is 0 Å². The fraction of sp³-hybridized carbons (Fsp3) is 0.800. The third-order valence-electron chi connectivity index (χ3n) is 3.86. The Morgan fingerprint density at radius 3 is 2.11 bits per heavy atom. The van der Waals surface area contributed by atoms with Crippen molar-refractivity contribution in [2.45, 2.75) is 72.5 Å². The van der Waals surface area contributed by atoms with Crippen LogP contribution in [0, 0.1) is 6.92 Å². The van der Waals surface area contributed by atoms with E-state index in [1.165, 1.54) is 17.2 Å². The van der Waals surface area contributed by atoms with Crippen LogP contribution in [-0.4, -0.2) is 26.5 Å². The molecular weight excluding hydrogens is 222 g/mol. The van der Waals surface area contributed by atoms with Crippen LogP contribution in [0.5, 0.6) is 0 Å². The maximum Gasteiger partial charge on any atom is 0.106 e. The van der Waals surface area contributed by atoms with Crippen LogP contribution in [0.1, 0.15) is 58.8 Å². The van der Waals surface area contributed by atoms with Gasteiger partial charge in [-0.25, -0.2) is 4.98 Å². The molecule has 0 aromatic carbocycles. The van der Waals surface area contributed by atoms with E-state index in [1.54, 1.807) is 0 Å². The number of aryl methyl sites for hydroxylation is 1. The summed E-state index contributed by atoms with van der Waals surface area (Å²) < 4.78 is 2.41. The molecule has 2 rings (SSSR count). The number of hydrogen-bond donors (Lipinski definition) is 0. The quantitative estimate of drug-likeness (QED) is 0.704. The highest BCUT2D eigenvalue weighted by molar-refractivity contribution is 5.25. The van der Waals surface area contributed by atoms with Crippen LogP contribution in [0.15, 0.2) is 0 Å². The molecule has 0 spiro atoms. The van der Waals surface area contributed by atoms with Crippen molar-refractivity contribution in [1.29, 1.82) is 0 Å².